The van der Waals surface area contributed by atoms with Crippen LogP contribution in [0.5, 0.6) is 0 Å². The molecule has 0 fully saturated rings. The van der Waals surface area contributed by atoms with Gasteiger partial charge in [-0.25, -0.2) is 22.0 Å². The lowest BCUT2D eigenvalue weighted by Gasteiger charge is -2.06. The Kier molecular flexibility index (Phi) is 3.20. The lowest BCUT2D eigenvalue weighted by molar-refractivity contribution is 0.342. The first-order valence-corrected chi connectivity index (χ1v) is 4.97. The van der Waals surface area contributed by atoms with E-state index >= 15 is 0 Å². The van der Waals surface area contributed by atoms with Crippen LogP contribution in [0.1, 0.15) is 0 Å². The van der Waals surface area contributed by atoms with E-state index in [1.807, 2.05) is 0 Å². The van der Waals surface area contributed by atoms with Gasteiger partial charge >= 0.3 is 10.1 Å². The lowest BCUT2D eigenvalue weighted by Crippen LogP contribution is -2.13. The molecule has 0 N–H and O–H groups in total. The fraction of sp³-hybridized carbons (Fsp3) is 0.143. The molecular weight excluding hydrogens is 259 g/mol. The topological polar surface area (TPSA) is 43.4 Å². The summed E-state index contributed by atoms with van der Waals surface area (Å²) in [5, 5.41) is 0. The van der Waals surface area contributed by atoms with Crippen molar-refractivity contribution in [1.29, 1.82) is 0 Å². The summed E-state index contributed by atoms with van der Waals surface area (Å²) in [5.41, 5.74) is 0. The van der Waals surface area contributed by atoms with E-state index in [1.165, 1.54) is 0 Å². The van der Waals surface area contributed by atoms with Gasteiger partial charge in [0.2, 0.25) is 5.82 Å². The Morgan fingerprint density at radius 3 is 1.44 bits per heavy atom. The van der Waals surface area contributed by atoms with Gasteiger partial charge in [-0.05, 0) is 0 Å². The molecular formula is C7H3F5O3S. The van der Waals surface area contributed by atoms with Crippen molar-refractivity contribution in [3.63, 3.8) is 0 Å². The molecule has 0 bridgehead atoms. The van der Waals surface area contributed by atoms with Gasteiger partial charge < -0.3 is 0 Å². The van der Waals surface area contributed by atoms with Crippen LogP contribution in [0.3, 0.4) is 0 Å². The molecule has 1 aromatic rings. The number of hydrogen-bond donors (Lipinski definition) is 0. The second kappa shape index (κ2) is 3.98. The molecule has 0 aromatic heterocycles. The van der Waals surface area contributed by atoms with Crippen molar-refractivity contribution in [2.24, 2.45) is 0 Å². The molecule has 0 aliphatic heterocycles. The summed E-state index contributed by atoms with van der Waals surface area (Å²) < 4.78 is 89.0. The summed E-state index contributed by atoms with van der Waals surface area (Å²) in [6.45, 7) is 0. The van der Waals surface area contributed by atoms with Crippen molar-refractivity contribution >= 4 is 10.1 Å². The van der Waals surface area contributed by atoms with Gasteiger partial charge in [0.05, 0.1) is 7.11 Å². The molecule has 1 aromatic carbocycles. The summed E-state index contributed by atoms with van der Waals surface area (Å²) >= 11 is 0. The van der Waals surface area contributed by atoms with E-state index in [2.05, 4.69) is 4.18 Å². The third-order valence-corrected chi connectivity index (χ3v) is 2.94. The van der Waals surface area contributed by atoms with Gasteiger partial charge in [0.1, 0.15) is 0 Å². The Morgan fingerprint density at radius 2 is 1.12 bits per heavy atom. The molecule has 0 spiro atoms. The van der Waals surface area contributed by atoms with Gasteiger partial charge in [-0.15, -0.1) is 0 Å². The number of halogens is 5. The van der Waals surface area contributed by atoms with Crippen molar-refractivity contribution in [3.8, 4) is 0 Å². The summed E-state index contributed by atoms with van der Waals surface area (Å²) in [6.07, 6.45) is 0. The highest BCUT2D eigenvalue weighted by atomic mass is 32.2. The highest BCUT2D eigenvalue weighted by Crippen LogP contribution is 2.27. The summed E-state index contributed by atoms with van der Waals surface area (Å²) in [4.78, 5) is -2.01. The second-order valence-corrected chi connectivity index (χ2v) is 4.17. The van der Waals surface area contributed by atoms with Gasteiger partial charge in [0, 0.05) is 0 Å². The van der Waals surface area contributed by atoms with Crippen molar-refractivity contribution in [1.82, 2.24) is 0 Å². The summed E-state index contributed by atoms with van der Waals surface area (Å²) in [5.74, 6) is -12.1. The maximum absolute atomic E-state index is 12.9. The maximum atomic E-state index is 12.9. The van der Waals surface area contributed by atoms with Gasteiger partial charge in [-0.3, -0.25) is 4.18 Å². The van der Waals surface area contributed by atoms with Gasteiger partial charge in [-0.2, -0.15) is 8.42 Å². The van der Waals surface area contributed by atoms with E-state index in [1.54, 1.807) is 0 Å². The minimum absolute atomic E-state index is 0.521. The third-order valence-electron chi connectivity index (χ3n) is 1.64. The first kappa shape index (κ1) is 12.8. The van der Waals surface area contributed by atoms with Gasteiger partial charge in [0.15, 0.2) is 28.2 Å². The average Bonchev–Trinajstić information content (AvgIpc) is 2.23. The standard InChI is InChI=1S/C7H3F5O3S/c1-15-16(13,14)7-5(11)3(9)2(8)4(10)6(7)12/h1H3. The molecule has 0 saturated carbocycles. The van der Waals surface area contributed by atoms with Crippen molar-refractivity contribution in [2.75, 3.05) is 7.11 Å². The Labute approximate surface area is 86.6 Å². The minimum Gasteiger partial charge on any atom is -0.270 e. The van der Waals surface area contributed by atoms with Crippen molar-refractivity contribution < 1.29 is 34.6 Å². The molecule has 0 saturated heterocycles. The first-order valence-electron chi connectivity index (χ1n) is 3.56. The molecule has 0 aliphatic rings. The van der Waals surface area contributed by atoms with E-state index in [4.69, 9.17) is 0 Å². The highest BCUT2D eigenvalue weighted by Gasteiger charge is 2.33. The average molecular weight is 262 g/mol. The first-order chi connectivity index (χ1) is 7.24. The predicted octanol–water partition coefficient (Wildman–Crippen LogP) is 1.72. The highest BCUT2D eigenvalue weighted by molar-refractivity contribution is 7.86. The molecule has 0 radical (unpaired) electrons. The number of benzene rings is 1. The van der Waals surface area contributed by atoms with Crippen LogP contribution in [0.25, 0.3) is 0 Å². The molecule has 0 heterocycles. The smallest absolute Gasteiger partial charge is 0.270 e. The van der Waals surface area contributed by atoms with Crippen LogP contribution in [-0.4, -0.2) is 15.5 Å². The molecule has 90 valence electrons. The SMILES string of the molecule is COS(=O)(=O)c1c(F)c(F)c(F)c(F)c1F. The van der Waals surface area contributed by atoms with E-state index in [9.17, 15) is 30.4 Å². The van der Waals surface area contributed by atoms with Crippen LogP contribution in [-0.2, 0) is 14.3 Å². The van der Waals surface area contributed by atoms with E-state index < -0.39 is 44.1 Å². The molecule has 0 unspecified atom stereocenters. The van der Waals surface area contributed by atoms with Crippen LogP contribution in [0.15, 0.2) is 4.90 Å². The fourth-order valence-electron chi connectivity index (χ4n) is 0.888. The van der Waals surface area contributed by atoms with Crippen LogP contribution in [0.2, 0.25) is 0 Å². The van der Waals surface area contributed by atoms with Crippen LogP contribution >= 0.6 is 0 Å². The van der Waals surface area contributed by atoms with Crippen molar-refractivity contribution in [3.05, 3.63) is 29.1 Å². The second-order valence-electron chi connectivity index (χ2n) is 2.52. The summed E-state index contributed by atoms with van der Waals surface area (Å²) in [6, 6.07) is 0. The zero-order valence-electron chi connectivity index (χ0n) is 7.52. The number of rotatable bonds is 2. The Bertz CT molecular complexity index is 510. The van der Waals surface area contributed by atoms with Crippen LogP contribution in [0, 0.1) is 29.1 Å². The van der Waals surface area contributed by atoms with Crippen LogP contribution in [0.4, 0.5) is 22.0 Å². The van der Waals surface area contributed by atoms with E-state index in [0.29, 0.717) is 7.11 Å². The largest absolute Gasteiger partial charge is 0.302 e. The summed E-state index contributed by atoms with van der Waals surface area (Å²) in [7, 11) is -4.50. The zero-order chi connectivity index (χ0) is 12.7. The maximum Gasteiger partial charge on any atom is 0.302 e. The monoisotopic (exact) mass is 262 g/mol. The molecule has 3 nitrogen and oxygen atoms in total. The third kappa shape index (κ3) is 1.76. The predicted molar refractivity (Wildman–Crippen MR) is 40.4 cm³/mol. The van der Waals surface area contributed by atoms with Crippen molar-refractivity contribution in [2.45, 2.75) is 4.90 Å². The van der Waals surface area contributed by atoms with Crippen LogP contribution < -0.4 is 0 Å². The van der Waals surface area contributed by atoms with E-state index in [0.717, 1.165) is 0 Å². The van der Waals surface area contributed by atoms with Gasteiger partial charge in [-0.1, -0.05) is 0 Å². The molecule has 9 heteroatoms. The molecule has 0 aliphatic carbocycles. The Morgan fingerprint density at radius 1 is 0.812 bits per heavy atom. The number of hydrogen-bond acceptors (Lipinski definition) is 3. The Balaban J connectivity index is 3.79. The fourth-order valence-corrected chi connectivity index (χ4v) is 1.67. The normalized spacial score (nSPS) is 11.9. The van der Waals surface area contributed by atoms with E-state index in [-0.39, 0.29) is 0 Å². The molecule has 0 amide bonds. The lowest BCUT2D eigenvalue weighted by atomic mass is 10.3. The van der Waals surface area contributed by atoms with Gasteiger partial charge in [0.25, 0.3) is 0 Å². The molecule has 0 atom stereocenters. The zero-order valence-corrected chi connectivity index (χ0v) is 8.34. The quantitative estimate of drug-likeness (QED) is 0.353. The molecule has 1 rings (SSSR count). The minimum atomic E-state index is -5.02. The molecule has 16 heavy (non-hydrogen) atoms. The Hall–Kier alpha value is -1.22.